The second kappa shape index (κ2) is 9.24. The fourth-order valence-electron chi connectivity index (χ4n) is 5.10. The number of carbonyl (C=O) groups excluding carboxylic acids is 2. The predicted octanol–water partition coefficient (Wildman–Crippen LogP) is 4.54. The van der Waals surface area contributed by atoms with Crippen LogP contribution in [0.2, 0.25) is 0 Å². The maximum absolute atomic E-state index is 14.4. The summed E-state index contributed by atoms with van der Waals surface area (Å²) < 4.78 is 45.2. The van der Waals surface area contributed by atoms with Gasteiger partial charge in [0.1, 0.15) is 6.17 Å². The van der Waals surface area contributed by atoms with Gasteiger partial charge in [-0.05, 0) is 37.3 Å². The summed E-state index contributed by atoms with van der Waals surface area (Å²) in [5.41, 5.74) is 3.82. The Bertz CT molecular complexity index is 1500. The number of hydrogen-bond acceptors (Lipinski definition) is 3. The summed E-state index contributed by atoms with van der Waals surface area (Å²) in [5, 5.41) is 3.27. The largest absolute Gasteiger partial charge is 0.346 e. The first-order valence-corrected chi connectivity index (χ1v) is 12.2. The number of alkyl halides is 3. The Labute approximate surface area is 211 Å². The molecule has 2 amide bonds. The van der Waals surface area contributed by atoms with Gasteiger partial charge < -0.3 is 19.4 Å². The summed E-state index contributed by atoms with van der Waals surface area (Å²) in [5.74, 6) is -4.75. The van der Waals surface area contributed by atoms with E-state index in [2.05, 4.69) is 35.0 Å². The average Bonchev–Trinajstić information content (AvgIpc) is 3.39. The molecule has 2 aromatic carbocycles. The van der Waals surface area contributed by atoms with Gasteiger partial charge >= 0.3 is 5.92 Å². The molecule has 1 N–H and O–H groups in total. The zero-order valence-electron chi connectivity index (χ0n) is 20.8. The van der Waals surface area contributed by atoms with Crippen molar-refractivity contribution in [2.45, 2.75) is 44.9 Å². The van der Waals surface area contributed by atoms with E-state index in [1.165, 1.54) is 4.90 Å². The van der Waals surface area contributed by atoms with Gasteiger partial charge in [-0.25, -0.2) is 9.37 Å². The molecule has 0 spiro atoms. The fraction of sp³-hybridized carbons (Fsp3) is 0.370. The number of halogens is 3. The molecule has 2 aromatic heterocycles. The van der Waals surface area contributed by atoms with E-state index in [4.69, 9.17) is 4.98 Å². The first-order chi connectivity index (χ1) is 17.6. The van der Waals surface area contributed by atoms with Crippen molar-refractivity contribution in [2.75, 3.05) is 13.1 Å². The maximum atomic E-state index is 14.4. The Morgan fingerprint density at radius 3 is 2.59 bits per heavy atom. The monoisotopic (exact) mass is 511 g/mol. The van der Waals surface area contributed by atoms with Crippen molar-refractivity contribution >= 4 is 33.8 Å². The van der Waals surface area contributed by atoms with Crippen LogP contribution in [0.1, 0.15) is 30.6 Å². The van der Waals surface area contributed by atoms with Crippen LogP contribution in [-0.2, 0) is 18.4 Å². The molecule has 0 radical (unpaired) electrons. The molecule has 37 heavy (non-hydrogen) atoms. The molecule has 4 aromatic rings. The van der Waals surface area contributed by atoms with E-state index in [-0.39, 0.29) is 19.5 Å². The molecular weight excluding hydrogens is 483 g/mol. The minimum atomic E-state index is -3.58. The van der Waals surface area contributed by atoms with E-state index in [9.17, 15) is 22.8 Å². The molecule has 3 heterocycles. The van der Waals surface area contributed by atoms with Gasteiger partial charge in [0.25, 0.3) is 11.8 Å². The highest BCUT2D eigenvalue weighted by atomic mass is 19.3. The van der Waals surface area contributed by atoms with Crippen LogP contribution in [-0.4, -0.2) is 62.1 Å². The van der Waals surface area contributed by atoms with E-state index < -0.39 is 30.0 Å². The number of hydrogen-bond donors (Lipinski definition) is 1. The number of piperidine rings is 1. The Kier molecular flexibility index (Phi) is 6.21. The standard InChI is InChI=1S/C27H28F3N5O2/c1-4-35-21-8-6-5-7-16(21)12-23(35)24-32-20-11-17(9-10-22(20)33(24)3)25(36)34-14-18(28)13-19(15-34)31-26(37)27(2,29)30/h5-12,18-19H,4,13-15H2,1-3H3,(H,31,37). The normalized spacial score (nSPS) is 18.5. The number of rotatable bonds is 5. The molecular formula is C27H28F3N5O2. The molecule has 194 valence electrons. The Morgan fingerprint density at radius 1 is 1.11 bits per heavy atom. The number of nitrogens with zero attached hydrogens (tertiary/aromatic N) is 4. The van der Waals surface area contributed by atoms with Crippen LogP contribution >= 0.6 is 0 Å². The van der Waals surface area contributed by atoms with Crippen molar-refractivity contribution in [3.05, 3.63) is 54.1 Å². The third kappa shape index (κ3) is 4.56. The summed E-state index contributed by atoms with van der Waals surface area (Å²) >= 11 is 0. The summed E-state index contributed by atoms with van der Waals surface area (Å²) in [6, 6.07) is 14.4. The van der Waals surface area contributed by atoms with E-state index >= 15 is 0 Å². The number of benzene rings is 2. The molecule has 2 unspecified atom stereocenters. The van der Waals surface area contributed by atoms with Gasteiger partial charge in [-0.3, -0.25) is 9.59 Å². The average molecular weight is 512 g/mol. The number of nitrogens with one attached hydrogen (secondary N) is 1. The lowest BCUT2D eigenvalue weighted by Gasteiger charge is -2.35. The topological polar surface area (TPSA) is 72.2 Å². The van der Waals surface area contributed by atoms with Gasteiger partial charge in [0.05, 0.1) is 23.3 Å². The number of fused-ring (bicyclic) bond motifs is 2. The first-order valence-electron chi connectivity index (χ1n) is 12.2. The highest BCUT2D eigenvalue weighted by Crippen LogP contribution is 2.30. The minimum Gasteiger partial charge on any atom is -0.346 e. The third-order valence-electron chi connectivity index (χ3n) is 6.90. The van der Waals surface area contributed by atoms with Gasteiger partial charge in [0.15, 0.2) is 5.82 Å². The molecule has 7 nitrogen and oxygen atoms in total. The van der Waals surface area contributed by atoms with Gasteiger partial charge in [-0.15, -0.1) is 0 Å². The molecule has 1 fully saturated rings. The van der Waals surface area contributed by atoms with Crippen molar-refractivity contribution in [2.24, 2.45) is 7.05 Å². The van der Waals surface area contributed by atoms with Crippen molar-refractivity contribution < 1.29 is 22.8 Å². The van der Waals surface area contributed by atoms with Crippen molar-refractivity contribution in [1.82, 2.24) is 24.3 Å². The zero-order valence-corrected chi connectivity index (χ0v) is 20.8. The van der Waals surface area contributed by atoms with Gasteiger partial charge in [-0.1, -0.05) is 18.2 Å². The van der Waals surface area contributed by atoms with Crippen LogP contribution in [0.4, 0.5) is 13.2 Å². The summed E-state index contributed by atoms with van der Waals surface area (Å²) in [6.45, 7) is 3.09. The van der Waals surface area contributed by atoms with Crippen LogP contribution in [0.3, 0.4) is 0 Å². The van der Waals surface area contributed by atoms with E-state index in [1.807, 2.05) is 23.7 Å². The van der Waals surface area contributed by atoms with Crippen LogP contribution in [0.25, 0.3) is 33.5 Å². The summed E-state index contributed by atoms with van der Waals surface area (Å²) in [6.07, 6.45) is -1.56. The molecule has 0 aliphatic carbocycles. The zero-order chi connectivity index (χ0) is 26.5. The van der Waals surface area contributed by atoms with Crippen molar-refractivity contribution in [3.63, 3.8) is 0 Å². The molecule has 5 rings (SSSR count). The van der Waals surface area contributed by atoms with Gasteiger partial charge in [0, 0.05) is 56.0 Å². The number of para-hydroxylation sites is 1. The molecule has 2 atom stereocenters. The predicted molar refractivity (Wildman–Crippen MR) is 135 cm³/mol. The molecule has 10 heteroatoms. The highest BCUT2D eigenvalue weighted by Gasteiger charge is 2.37. The molecule has 0 saturated carbocycles. The Morgan fingerprint density at radius 2 is 1.86 bits per heavy atom. The summed E-state index contributed by atoms with van der Waals surface area (Å²) in [7, 11) is 1.92. The number of amides is 2. The lowest BCUT2D eigenvalue weighted by atomic mass is 10.0. The minimum absolute atomic E-state index is 0.0524. The number of imidazole rings is 1. The van der Waals surface area contributed by atoms with Crippen LogP contribution in [0.15, 0.2) is 48.5 Å². The van der Waals surface area contributed by atoms with Gasteiger partial charge in [-0.2, -0.15) is 8.78 Å². The highest BCUT2D eigenvalue weighted by molar-refractivity contribution is 5.98. The Balaban J connectivity index is 1.44. The lowest BCUT2D eigenvalue weighted by Crippen LogP contribution is -2.55. The van der Waals surface area contributed by atoms with Gasteiger partial charge in [0.2, 0.25) is 0 Å². The van der Waals surface area contributed by atoms with Crippen LogP contribution < -0.4 is 5.32 Å². The Hall–Kier alpha value is -3.82. The van der Waals surface area contributed by atoms with Crippen molar-refractivity contribution in [1.29, 1.82) is 0 Å². The quantitative estimate of drug-likeness (QED) is 0.428. The van der Waals surface area contributed by atoms with E-state index in [0.717, 1.165) is 34.5 Å². The maximum Gasteiger partial charge on any atom is 0.321 e. The molecule has 1 aliphatic rings. The number of aryl methyl sites for hydroxylation is 2. The molecule has 1 aliphatic heterocycles. The number of carbonyl (C=O) groups is 2. The second-order valence-electron chi connectivity index (χ2n) is 9.63. The van der Waals surface area contributed by atoms with Crippen molar-refractivity contribution in [3.8, 4) is 11.5 Å². The smallest absolute Gasteiger partial charge is 0.321 e. The van der Waals surface area contributed by atoms with Crippen LogP contribution in [0, 0.1) is 0 Å². The number of likely N-dealkylation sites (tertiary alicyclic amines) is 1. The van der Waals surface area contributed by atoms with Crippen LogP contribution in [0.5, 0.6) is 0 Å². The fourth-order valence-corrected chi connectivity index (χ4v) is 5.10. The lowest BCUT2D eigenvalue weighted by molar-refractivity contribution is -0.144. The number of aromatic nitrogens is 3. The first kappa shape index (κ1) is 24.9. The third-order valence-corrected chi connectivity index (χ3v) is 6.90. The molecule has 0 bridgehead atoms. The van der Waals surface area contributed by atoms with E-state index in [0.29, 0.717) is 18.0 Å². The molecule has 1 saturated heterocycles. The van der Waals surface area contributed by atoms with E-state index in [1.54, 1.807) is 18.2 Å². The second-order valence-corrected chi connectivity index (χ2v) is 9.63. The summed E-state index contributed by atoms with van der Waals surface area (Å²) in [4.78, 5) is 31.0. The SMILES string of the molecule is CCn1c(-c2nc3cc(C(=O)N4CC(F)CC(NC(=O)C(C)(F)F)C4)ccc3n2C)cc2ccccc21.